The third-order valence-corrected chi connectivity index (χ3v) is 6.71. The van der Waals surface area contributed by atoms with E-state index < -0.39 is 5.92 Å². The number of rotatable bonds is 6. The molecular formula is C28H29N5O2. The molecule has 7 nitrogen and oxygen atoms in total. The van der Waals surface area contributed by atoms with Crippen molar-refractivity contribution in [1.82, 2.24) is 14.8 Å². The van der Waals surface area contributed by atoms with Crippen LogP contribution in [0.4, 0.5) is 11.4 Å². The SMILES string of the molecule is CCc1cccc(CC)c1N1CC(C(=O)Nc2cnc3c(c2)c(C)nn3-c2ccccc2)CC1=O. The van der Waals surface area contributed by atoms with Gasteiger partial charge in [0.2, 0.25) is 11.8 Å². The van der Waals surface area contributed by atoms with Crippen molar-refractivity contribution in [3.05, 3.63) is 77.6 Å². The van der Waals surface area contributed by atoms with Gasteiger partial charge in [0.25, 0.3) is 0 Å². The molecule has 1 saturated heterocycles. The molecule has 5 rings (SSSR count). The van der Waals surface area contributed by atoms with Crippen LogP contribution >= 0.6 is 0 Å². The van der Waals surface area contributed by atoms with E-state index in [0.717, 1.165) is 52.1 Å². The number of carbonyl (C=O) groups excluding carboxylic acids is 2. The summed E-state index contributed by atoms with van der Waals surface area (Å²) in [5, 5.41) is 8.49. The second-order valence-corrected chi connectivity index (χ2v) is 8.95. The minimum atomic E-state index is -0.416. The highest BCUT2D eigenvalue weighted by atomic mass is 16.2. The number of aryl methyl sites for hydroxylation is 3. The summed E-state index contributed by atoms with van der Waals surface area (Å²) >= 11 is 0. The molecule has 7 heteroatoms. The summed E-state index contributed by atoms with van der Waals surface area (Å²) < 4.78 is 1.81. The van der Waals surface area contributed by atoms with E-state index in [4.69, 9.17) is 0 Å². The predicted octanol–water partition coefficient (Wildman–Crippen LogP) is 4.85. The summed E-state index contributed by atoms with van der Waals surface area (Å²) in [5.74, 6) is -0.586. The van der Waals surface area contributed by atoms with Crippen LogP contribution < -0.4 is 10.2 Å². The highest BCUT2D eigenvalue weighted by molar-refractivity contribution is 6.04. The average molecular weight is 468 g/mol. The van der Waals surface area contributed by atoms with Gasteiger partial charge in [-0.2, -0.15) is 5.10 Å². The van der Waals surface area contributed by atoms with Gasteiger partial charge in [0.1, 0.15) is 0 Å². The fourth-order valence-corrected chi connectivity index (χ4v) is 4.87. The van der Waals surface area contributed by atoms with E-state index in [9.17, 15) is 9.59 Å². The Balaban J connectivity index is 1.37. The van der Waals surface area contributed by atoms with Crippen LogP contribution in [0.25, 0.3) is 16.7 Å². The van der Waals surface area contributed by atoms with Crippen LogP contribution in [0, 0.1) is 12.8 Å². The highest BCUT2D eigenvalue weighted by Crippen LogP contribution is 2.33. The van der Waals surface area contributed by atoms with Crippen molar-refractivity contribution in [2.45, 2.75) is 40.0 Å². The zero-order valence-electron chi connectivity index (χ0n) is 20.3. The molecule has 1 atom stereocenters. The Labute approximate surface area is 204 Å². The van der Waals surface area contributed by atoms with Crippen LogP contribution in [0.5, 0.6) is 0 Å². The molecule has 178 valence electrons. The van der Waals surface area contributed by atoms with Crippen molar-refractivity contribution in [1.29, 1.82) is 0 Å². The molecule has 0 saturated carbocycles. The molecule has 4 aromatic rings. The number of fused-ring (bicyclic) bond motifs is 1. The molecule has 1 aliphatic rings. The highest BCUT2D eigenvalue weighted by Gasteiger charge is 2.36. The van der Waals surface area contributed by atoms with Crippen molar-refractivity contribution in [3.63, 3.8) is 0 Å². The first-order valence-corrected chi connectivity index (χ1v) is 12.1. The van der Waals surface area contributed by atoms with E-state index in [1.54, 1.807) is 15.8 Å². The molecule has 2 aromatic carbocycles. The standard InChI is InChI=1S/C28H29N5O2/c1-4-19-10-9-11-20(5-2)26(19)32-17-21(14-25(32)34)28(35)30-22-15-24-18(3)31-33(27(24)29-16-22)23-12-7-6-8-13-23/h6-13,15-16,21H,4-5,14,17H2,1-3H3,(H,30,35). The van der Waals surface area contributed by atoms with Gasteiger partial charge >= 0.3 is 0 Å². The summed E-state index contributed by atoms with van der Waals surface area (Å²) in [6, 6.07) is 17.9. The van der Waals surface area contributed by atoms with Gasteiger partial charge in [-0.1, -0.05) is 50.2 Å². The van der Waals surface area contributed by atoms with Gasteiger partial charge in [0, 0.05) is 24.0 Å². The Morgan fingerprint density at radius 1 is 1.06 bits per heavy atom. The number of nitrogens with one attached hydrogen (secondary N) is 1. The van der Waals surface area contributed by atoms with Crippen molar-refractivity contribution in [2.75, 3.05) is 16.8 Å². The minimum Gasteiger partial charge on any atom is -0.324 e. The molecule has 3 heterocycles. The smallest absolute Gasteiger partial charge is 0.229 e. The fourth-order valence-electron chi connectivity index (χ4n) is 4.87. The molecule has 0 aliphatic carbocycles. The van der Waals surface area contributed by atoms with Crippen molar-refractivity contribution in [3.8, 4) is 5.69 Å². The summed E-state index contributed by atoms with van der Waals surface area (Å²) in [6.07, 6.45) is 3.53. The number of aromatic nitrogens is 3. The fraction of sp³-hybridized carbons (Fsp3) is 0.286. The van der Waals surface area contributed by atoms with Gasteiger partial charge in [-0.05, 0) is 49.1 Å². The molecular weight excluding hydrogens is 438 g/mol. The van der Waals surface area contributed by atoms with E-state index in [2.05, 4.69) is 41.4 Å². The zero-order valence-corrected chi connectivity index (χ0v) is 20.3. The lowest BCUT2D eigenvalue weighted by molar-refractivity contribution is -0.122. The monoisotopic (exact) mass is 467 g/mol. The molecule has 35 heavy (non-hydrogen) atoms. The first-order chi connectivity index (χ1) is 17.0. The van der Waals surface area contributed by atoms with Gasteiger partial charge in [-0.15, -0.1) is 0 Å². The maximum atomic E-state index is 13.2. The maximum Gasteiger partial charge on any atom is 0.229 e. The van der Waals surface area contributed by atoms with Crippen molar-refractivity contribution in [2.24, 2.45) is 5.92 Å². The molecule has 1 N–H and O–H groups in total. The molecule has 2 aromatic heterocycles. The third kappa shape index (κ3) is 4.18. The molecule has 0 radical (unpaired) electrons. The Morgan fingerprint density at radius 2 is 1.77 bits per heavy atom. The lowest BCUT2D eigenvalue weighted by Gasteiger charge is -2.23. The first-order valence-electron chi connectivity index (χ1n) is 12.1. The van der Waals surface area contributed by atoms with E-state index in [1.807, 2.05) is 49.4 Å². The lowest BCUT2D eigenvalue weighted by atomic mass is 10.0. The molecule has 1 unspecified atom stereocenters. The summed E-state index contributed by atoms with van der Waals surface area (Å²) in [5.41, 5.74) is 6.35. The second kappa shape index (κ2) is 9.33. The quantitative estimate of drug-likeness (QED) is 0.440. The molecule has 0 bridgehead atoms. The predicted molar refractivity (Wildman–Crippen MR) is 138 cm³/mol. The normalized spacial score (nSPS) is 15.7. The number of pyridine rings is 1. The Bertz CT molecular complexity index is 1390. The van der Waals surface area contributed by atoms with E-state index in [0.29, 0.717) is 12.2 Å². The van der Waals surface area contributed by atoms with Crippen LogP contribution in [-0.4, -0.2) is 33.1 Å². The number of amides is 2. The molecule has 0 spiro atoms. The van der Waals surface area contributed by atoms with Crippen LogP contribution in [0.1, 0.15) is 37.1 Å². The van der Waals surface area contributed by atoms with E-state index in [-0.39, 0.29) is 18.2 Å². The van der Waals surface area contributed by atoms with Gasteiger partial charge in [0.15, 0.2) is 5.65 Å². The Hall–Kier alpha value is -4.00. The number of hydrogen-bond donors (Lipinski definition) is 1. The summed E-state index contributed by atoms with van der Waals surface area (Å²) in [4.78, 5) is 32.5. The Morgan fingerprint density at radius 3 is 2.46 bits per heavy atom. The number of nitrogens with zero attached hydrogens (tertiary/aromatic N) is 4. The lowest BCUT2D eigenvalue weighted by Crippen LogP contribution is -2.29. The topological polar surface area (TPSA) is 80.1 Å². The molecule has 1 fully saturated rings. The number of benzene rings is 2. The van der Waals surface area contributed by atoms with E-state index in [1.165, 1.54) is 0 Å². The van der Waals surface area contributed by atoms with Crippen LogP contribution in [0.2, 0.25) is 0 Å². The second-order valence-electron chi connectivity index (χ2n) is 8.95. The van der Waals surface area contributed by atoms with E-state index >= 15 is 0 Å². The summed E-state index contributed by atoms with van der Waals surface area (Å²) in [6.45, 7) is 6.50. The number of anilines is 2. The maximum absolute atomic E-state index is 13.2. The molecule has 1 aliphatic heterocycles. The summed E-state index contributed by atoms with van der Waals surface area (Å²) in [7, 11) is 0. The number of hydrogen-bond acceptors (Lipinski definition) is 4. The average Bonchev–Trinajstić information content (AvgIpc) is 3.43. The van der Waals surface area contributed by atoms with Gasteiger partial charge in [-0.3, -0.25) is 9.59 Å². The van der Waals surface area contributed by atoms with Crippen molar-refractivity contribution < 1.29 is 9.59 Å². The van der Waals surface area contributed by atoms with Crippen LogP contribution in [0.3, 0.4) is 0 Å². The van der Waals surface area contributed by atoms with Crippen LogP contribution in [0.15, 0.2) is 60.8 Å². The van der Waals surface area contributed by atoms with Crippen LogP contribution in [-0.2, 0) is 22.4 Å². The van der Waals surface area contributed by atoms with Gasteiger partial charge in [-0.25, -0.2) is 9.67 Å². The Kier molecular flexibility index (Phi) is 6.07. The van der Waals surface area contributed by atoms with Gasteiger partial charge < -0.3 is 10.2 Å². The minimum absolute atomic E-state index is 0.00527. The zero-order chi connectivity index (χ0) is 24.5. The molecule has 2 amide bonds. The first kappa shape index (κ1) is 22.8. The van der Waals surface area contributed by atoms with Gasteiger partial charge in [0.05, 0.1) is 29.2 Å². The van der Waals surface area contributed by atoms with Crippen molar-refractivity contribution >= 4 is 34.2 Å². The third-order valence-electron chi connectivity index (χ3n) is 6.71. The number of para-hydroxylation sites is 2. The number of carbonyl (C=O) groups is 2. The largest absolute Gasteiger partial charge is 0.324 e.